The van der Waals surface area contributed by atoms with Gasteiger partial charge in [-0.05, 0) is 43.4 Å². The van der Waals surface area contributed by atoms with E-state index in [0.717, 1.165) is 11.1 Å². The van der Waals surface area contributed by atoms with Crippen molar-refractivity contribution in [3.63, 3.8) is 0 Å². The maximum Gasteiger partial charge on any atom is 0.335 e. The molecule has 0 aliphatic carbocycles. The largest absolute Gasteiger partial charge is 0.478 e. The highest BCUT2D eigenvalue weighted by atomic mass is 35.5. The van der Waals surface area contributed by atoms with E-state index in [1.807, 2.05) is 43.3 Å². The first kappa shape index (κ1) is 19.8. The minimum atomic E-state index is -0.975. The maximum atomic E-state index is 12.1. The molecule has 0 fully saturated rings. The molecule has 0 saturated heterocycles. The van der Waals surface area contributed by atoms with E-state index in [2.05, 4.69) is 10.6 Å². The van der Waals surface area contributed by atoms with Crippen LogP contribution in [0.1, 0.15) is 27.5 Å². The molecule has 1 atom stereocenters. The van der Waals surface area contributed by atoms with Gasteiger partial charge in [-0.1, -0.05) is 41.9 Å². The highest BCUT2D eigenvalue weighted by molar-refractivity contribution is 6.31. The smallest absolute Gasteiger partial charge is 0.335 e. The molecular formula is C19H22ClN3O3. The van der Waals surface area contributed by atoms with Crippen LogP contribution in [0.3, 0.4) is 0 Å². The summed E-state index contributed by atoms with van der Waals surface area (Å²) in [6, 6.07) is 13.6. The Balaban J connectivity index is 1.88. The summed E-state index contributed by atoms with van der Waals surface area (Å²) in [5.74, 6) is -0.975. The van der Waals surface area contributed by atoms with E-state index in [1.165, 1.54) is 12.1 Å². The van der Waals surface area contributed by atoms with Crippen LogP contribution < -0.4 is 10.6 Å². The van der Waals surface area contributed by atoms with Gasteiger partial charge < -0.3 is 20.6 Å². The fraction of sp³-hybridized carbons (Fsp3) is 0.263. The molecule has 0 heterocycles. The molecule has 2 rings (SSSR count). The number of nitrogens with zero attached hydrogens (tertiary/aromatic N) is 1. The first-order chi connectivity index (χ1) is 12.4. The van der Waals surface area contributed by atoms with Crippen molar-refractivity contribution in [2.45, 2.75) is 12.6 Å². The zero-order valence-corrected chi connectivity index (χ0v) is 15.5. The lowest BCUT2D eigenvalue weighted by molar-refractivity contribution is 0.0697. The van der Waals surface area contributed by atoms with Crippen molar-refractivity contribution in [3.05, 3.63) is 70.2 Å². The highest BCUT2D eigenvalue weighted by Gasteiger charge is 2.17. The number of halogens is 1. The van der Waals surface area contributed by atoms with Crippen molar-refractivity contribution >= 4 is 23.6 Å². The molecule has 2 aromatic carbocycles. The SMILES string of the molecule is CN(C)C(CNC(=O)NCc1ccc(C(=O)O)cc1)c1ccccc1Cl. The second-order valence-electron chi connectivity index (χ2n) is 6.07. The minimum absolute atomic E-state index is 0.0516. The molecule has 2 amide bonds. The first-order valence-electron chi connectivity index (χ1n) is 8.13. The minimum Gasteiger partial charge on any atom is -0.478 e. The lowest BCUT2D eigenvalue weighted by atomic mass is 10.1. The molecule has 26 heavy (non-hydrogen) atoms. The summed E-state index contributed by atoms with van der Waals surface area (Å²) in [6.45, 7) is 0.713. The van der Waals surface area contributed by atoms with Crippen LogP contribution in [0.15, 0.2) is 48.5 Å². The van der Waals surface area contributed by atoms with Crippen LogP contribution in [-0.2, 0) is 6.54 Å². The quantitative estimate of drug-likeness (QED) is 0.694. The Morgan fingerprint density at radius 2 is 1.73 bits per heavy atom. The summed E-state index contributed by atoms with van der Waals surface area (Å²) in [7, 11) is 3.86. The molecule has 0 bridgehead atoms. The molecule has 2 aromatic rings. The number of hydrogen-bond acceptors (Lipinski definition) is 3. The molecule has 3 N–H and O–H groups in total. The number of hydrogen-bond donors (Lipinski definition) is 3. The fourth-order valence-electron chi connectivity index (χ4n) is 2.52. The van der Waals surface area contributed by atoms with Gasteiger partial charge in [0.1, 0.15) is 0 Å². The van der Waals surface area contributed by atoms with Crippen molar-refractivity contribution in [2.24, 2.45) is 0 Å². The van der Waals surface area contributed by atoms with E-state index in [1.54, 1.807) is 12.1 Å². The number of carbonyl (C=O) groups excluding carboxylic acids is 1. The van der Waals surface area contributed by atoms with Crippen LogP contribution in [-0.4, -0.2) is 42.6 Å². The molecular weight excluding hydrogens is 354 g/mol. The van der Waals surface area contributed by atoms with Gasteiger partial charge >= 0.3 is 12.0 Å². The second kappa shape index (κ2) is 9.22. The first-order valence-corrected chi connectivity index (χ1v) is 8.51. The molecule has 0 spiro atoms. The normalized spacial score (nSPS) is 11.8. The number of nitrogens with one attached hydrogen (secondary N) is 2. The molecule has 6 nitrogen and oxygen atoms in total. The zero-order chi connectivity index (χ0) is 19.1. The van der Waals surface area contributed by atoms with E-state index >= 15 is 0 Å². The molecule has 0 saturated carbocycles. The molecule has 1 unspecified atom stereocenters. The number of benzene rings is 2. The van der Waals surface area contributed by atoms with Crippen LogP contribution in [0.4, 0.5) is 4.79 Å². The number of carbonyl (C=O) groups is 2. The summed E-state index contributed by atoms with van der Waals surface area (Å²) < 4.78 is 0. The van der Waals surface area contributed by atoms with Crippen LogP contribution in [0.5, 0.6) is 0 Å². The predicted molar refractivity (Wildman–Crippen MR) is 102 cm³/mol. The van der Waals surface area contributed by atoms with Crippen LogP contribution >= 0.6 is 11.6 Å². The standard InChI is InChI=1S/C19H22ClN3O3/c1-23(2)17(15-5-3-4-6-16(15)20)12-22-19(26)21-11-13-7-9-14(10-8-13)18(24)25/h3-10,17H,11-12H2,1-2H3,(H,24,25)(H2,21,22,26). The maximum absolute atomic E-state index is 12.1. The van der Waals surface area contributed by atoms with Crippen LogP contribution in [0.2, 0.25) is 5.02 Å². The van der Waals surface area contributed by atoms with E-state index in [4.69, 9.17) is 16.7 Å². The van der Waals surface area contributed by atoms with Gasteiger partial charge in [-0.3, -0.25) is 0 Å². The van der Waals surface area contributed by atoms with Gasteiger partial charge in [0.2, 0.25) is 0 Å². The number of carboxylic acid groups (broad SMARTS) is 1. The monoisotopic (exact) mass is 375 g/mol. The second-order valence-corrected chi connectivity index (χ2v) is 6.47. The summed E-state index contributed by atoms with van der Waals surface area (Å²) >= 11 is 6.26. The summed E-state index contributed by atoms with van der Waals surface area (Å²) in [4.78, 5) is 24.9. The number of aromatic carboxylic acids is 1. The van der Waals surface area contributed by atoms with Crippen molar-refractivity contribution in [1.82, 2.24) is 15.5 Å². The van der Waals surface area contributed by atoms with Crippen LogP contribution in [0, 0.1) is 0 Å². The average molecular weight is 376 g/mol. The number of carboxylic acids is 1. The van der Waals surface area contributed by atoms with Gasteiger partial charge in [0.25, 0.3) is 0 Å². The Labute approximate surface area is 157 Å². The van der Waals surface area contributed by atoms with Crippen molar-refractivity contribution in [1.29, 1.82) is 0 Å². The van der Waals surface area contributed by atoms with Gasteiger partial charge in [-0.2, -0.15) is 0 Å². The van der Waals surface area contributed by atoms with Gasteiger partial charge in [0.15, 0.2) is 0 Å². The van der Waals surface area contributed by atoms with Crippen LogP contribution in [0.25, 0.3) is 0 Å². The van der Waals surface area contributed by atoms with E-state index < -0.39 is 5.97 Å². The highest BCUT2D eigenvalue weighted by Crippen LogP contribution is 2.25. The van der Waals surface area contributed by atoms with E-state index in [9.17, 15) is 9.59 Å². The Morgan fingerprint density at radius 1 is 1.08 bits per heavy atom. The third-order valence-electron chi connectivity index (χ3n) is 4.00. The number of amides is 2. The Bertz CT molecular complexity index is 763. The average Bonchev–Trinajstić information content (AvgIpc) is 2.61. The molecule has 0 radical (unpaired) electrons. The third kappa shape index (κ3) is 5.47. The molecule has 0 aliphatic heterocycles. The van der Waals surface area contributed by atoms with E-state index in [0.29, 0.717) is 18.1 Å². The topological polar surface area (TPSA) is 81.7 Å². The number of rotatable bonds is 7. The van der Waals surface area contributed by atoms with Gasteiger partial charge in [0, 0.05) is 18.1 Å². The zero-order valence-electron chi connectivity index (χ0n) is 14.7. The number of urea groups is 1. The van der Waals surface area contributed by atoms with Crippen molar-refractivity contribution < 1.29 is 14.7 Å². The Morgan fingerprint density at radius 3 is 2.31 bits per heavy atom. The number of likely N-dealkylation sites (N-methyl/N-ethyl adjacent to an activating group) is 1. The van der Waals surface area contributed by atoms with Gasteiger partial charge in [-0.25, -0.2) is 9.59 Å². The summed E-state index contributed by atoms with van der Waals surface area (Å²) in [5, 5.41) is 15.1. The van der Waals surface area contributed by atoms with E-state index in [-0.39, 0.29) is 17.6 Å². The summed E-state index contributed by atoms with van der Waals surface area (Å²) in [6.07, 6.45) is 0. The van der Waals surface area contributed by atoms with Gasteiger partial charge in [-0.15, -0.1) is 0 Å². The summed E-state index contributed by atoms with van der Waals surface area (Å²) in [5.41, 5.74) is 1.98. The fourth-order valence-corrected chi connectivity index (χ4v) is 2.78. The van der Waals surface area contributed by atoms with Crippen molar-refractivity contribution in [3.8, 4) is 0 Å². The molecule has 0 aromatic heterocycles. The Kier molecular flexibility index (Phi) is 7.00. The molecule has 0 aliphatic rings. The lowest BCUT2D eigenvalue weighted by Gasteiger charge is -2.26. The molecule has 138 valence electrons. The predicted octanol–water partition coefficient (Wildman–Crippen LogP) is 3.14. The van der Waals surface area contributed by atoms with Gasteiger partial charge in [0.05, 0.1) is 11.6 Å². The lowest BCUT2D eigenvalue weighted by Crippen LogP contribution is -2.40. The van der Waals surface area contributed by atoms with Crippen molar-refractivity contribution in [2.75, 3.05) is 20.6 Å². The molecule has 7 heteroatoms. The third-order valence-corrected chi connectivity index (χ3v) is 4.34. The Hall–Kier alpha value is -2.57.